The molecule has 0 saturated carbocycles. The molecule has 0 radical (unpaired) electrons. The summed E-state index contributed by atoms with van der Waals surface area (Å²) in [5, 5.41) is 1.99. The Hall–Kier alpha value is -2.98. The van der Waals surface area contributed by atoms with Crippen molar-refractivity contribution < 1.29 is 32.0 Å². The van der Waals surface area contributed by atoms with Gasteiger partial charge in [0.05, 0.1) is 16.7 Å². The fraction of sp³-hybridized carbons (Fsp3) is 0.188. The molecule has 0 aliphatic carbocycles. The number of ether oxygens (including phenoxy) is 1. The fourth-order valence-corrected chi connectivity index (χ4v) is 2.79. The third-order valence-corrected chi connectivity index (χ3v) is 4.99. The molecule has 0 unspecified atom stereocenters. The van der Waals surface area contributed by atoms with Crippen molar-refractivity contribution in [3.8, 4) is 0 Å². The van der Waals surface area contributed by atoms with Crippen LogP contribution in [0.2, 0.25) is 0 Å². The van der Waals surface area contributed by atoms with Crippen LogP contribution in [0.3, 0.4) is 0 Å². The first kappa shape index (κ1) is 19.3. The van der Waals surface area contributed by atoms with Gasteiger partial charge in [-0.05, 0) is 30.3 Å². The molecule has 10 heteroatoms. The maximum Gasteiger partial charge on any atom is 0.338 e. The summed E-state index contributed by atoms with van der Waals surface area (Å²) in [5.41, 5.74) is -0.0434. The first-order chi connectivity index (χ1) is 12.2. The number of carbonyl (C=O) groups excluding carboxylic acids is 3. The summed E-state index contributed by atoms with van der Waals surface area (Å²) in [6.45, 7) is -0.712. The molecule has 2 rings (SSSR count). The van der Waals surface area contributed by atoms with E-state index in [0.29, 0.717) is 0 Å². The molecule has 0 saturated heterocycles. The molecule has 0 bridgehead atoms. The minimum Gasteiger partial charge on any atom is -0.459 e. The summed E-state index contributed by atoms with van der Waals surface area (Å²) in [7, 11) is -0.990. The Bertz CT molecular complexity index is 918. The van der Waals surface area contributed by atoms with Gasteiger partial charge >= 0.3 is 5.97 Å². The van der Waals surface area contributed by atoms with Gasteiger partial charge < -0.3 is 9.15 Å². The van der Waals surface area contributed by atoms with Crippen molar-refractivity contribution in [1.29, 1.82) is 0 Å². The lowest BCUT2D eigenvalue weighted by molar-refractivity contribution is -0.123. The lowest BCUT2D eigenvalue weighted by atomic mass is 10.2. The zero-order chi connectivity index (χ0) is 19.3. The molecule has 9 nitrogen and oxygen atoms in total. The van der Waals surface area contributed by atoms with E-state index in [2.05, 4.69) is 0 Å². The highest BCUT2D eigenvalue weighted by atomic mass is 32.2. The Morgan fingerprint density at radius 1 is 1.15 bits per heavy atom. The van der Waals surface area contributed by atoms with Gasteiger partial charge in [-0.15, -0.1) is 0 Å². The van der Waals surface area contributed by atoms with E-state index in [1.807, 2.05) is 5.32 Å². The maximum atomic E-state index is 12.1. The summed E-state index contributed by atoms with van der Waals surface area (Å²) >= 11 is 0. The van der Waals surface area contributed by atoms with Gasteiger partial charge in [0.15, 0.2) is 12.4 Å². The number of sulfonamides is 1. The van der Waals surface area contributed by atoms with E-state index >= 15 is 0 Å². The largest absolute Gasteiger partial charge is 0.459 e. The zero-order valence-corrected chi connectivity index (χ0v) is 14.8. The lowest BCUT2D eigenvalue weighted by Crippen LogP contribution is -2.34. The Balaban J connectivity index is 1.98. The predicted octanol–water partition coefficient (Wildman–Crippen LogP) is 0.643. The molecule has 0 aliphatic rings. The number of hydrogen-bond acceptors (Lipinski definition) is 7. The minimum absolute atomic E-state index is 0.0434. The SMILES string of the molecule is CN(C)S(=O)(=O)c1cccc(C(=O)OCC(=O)NC(=O)c2ccco2)c1. The Kier molecular flexibility index (Phi) is 5.90. The van der Waals surface area contributed by atoms with Crippen LogP contribution in [0, 0.1) is 0 Å². The number of nitrogens with one attached hydrogen (secondary N) is 1. The van der Waals surface area contributed by atoms with Crippen molar-refractivity contribution in [2.24, 2.45) is 0 Å². The van der Waals surface area contributed by atoms with Gasteiger partial charge in [0.1, 0.15) is 0 Å². The number of esters is 1. The van der Waals surface area contributed by atoms with E-state index in [4.69, 9.17) is 9.15 Å². The second-order valence-electron chi connectivity index (χ2n) is 5.25. The molecule has 1 N–H and O–H groups in total. The van der Waals surface area contributed by atoms with Crippen molar-refractivity contribution in [3.05, 3.63) is 54.0 Å². The Labute approximate surface area is 149 Å². The molecule has 0 spiro atoms. The smallest absolute Gasteiger partial charge is 0.338 e. The van der Waals surface area contributed by atoms with Crippen LogP contribution in [-0.2, 0) is 19.6 Å². The quantitative estimate of drug-likeness (QED) is 0.730. The molecule has 2 aromatic rings. The van der Waals surface area contributed by atoms with Gasteiger partial charge in [0.25, 0.3) is 11.8 Å². The molecule has 1 aromatic heterocycles. The Morgan fingerprint density at radius 3 is 2.50 bits per heavy atom. The fourth-order valence-electron chi connectivity index (χ4n) is 1.84. The van der Waals surface area contributed by atoms with Gasteiger partial charge in [0.2, 0.25) is 10.0 Å². The zero-order valence-electron chi connectivity index (χ0n) is 14.0. The van der Waals surface area contributed by atoms with E-state index in [9.17, 15) is 22.8 Å². The van der Waals surface area contributed by atoms with Crippen LogP contribution in [0.25, 0.3) is 0 Å². The summed E-state index contributed by atoms with van der Waals surface area (Å²) in [4.78, 5) is 35.2. The number of carbonyl (C=O) groups is 3. The molecule has 138 valence electrons. The summed E-state index contributed by atoms with van der Waals surface area (Å²) in [5.74, 6) is -2.58. The monoisotopic (exact) mass is 380 g/mol. The topological polar surface area (TPSA) is 123 Å². The number of hydrogen-bond donors (Lipinski definition) is 1. The van der Waals surface area contributed by atoms with Crippen LogP contribution < -0.4 is 5.32 Å². The molecule has 26 heavy (non-hydrogen) atoms. The standard InChI is InChI=1S/C16H16N2O7S/c1-18(2)26(22,23)12-6-3-5-11(9-12)16(21)25-10-14(19)17-15(20)13-7-4-8-24-13/h3-9H,10H2,1-2H3,(H,17,19,20). The normalized spacial score (nSPS) is 11.2. The highest BCUT2D eigenvalue weighted by Gasteiger charge is 2.20. The molecule has 1 heterocycles. The number of amides is 2. The highest BCUT2D eigenvalue weighted by Crippen LogP contribution is 2.15. The van der Waals surface area contributed by atoms with Crippen LogP contribution in [0.4, 0.5) is 0 Å². The molecule has 2 amide bonds. The highest BCUT2D eigenvalue weighted by molar-refractivity contribution is 7.89. The van der Waals surface area contributed by atoms with Gasteiger partial charge in [-0.25, -0.2) is 17.5 Å². The average Bonchev–Trinajstić information content (AvgIpc) is 3.14. The average molecular weight is 380 g/mol. The van der Waals surface area contributed by atoms with E-state index in [1.54, 1.807) is 0 Å². The first-order valence-electron chi connectivity index (χ1n) is 7.29. The lowest BCUT2D eigenvalue weighted by Gasteiger charge is -2.12. The maximum absolute atomic E-state index is 12.1. The number of nitrogens with zero attached hydrogens (tertiary/aromatic N) is 1. The van der Waals surface area contributed by atoms with E-state index < -0.39 is 34.4 Å². The van der Waals surface area contributed by atoms with Crippen LogP contribution in [0.15, 0.2) is 52.0 Å². The van der Waals surface area contributed by atoms with Crippen molar-refractivity contribution >= 4 is 27.8 Å². The first-order valence-corrected chi connectivity index (χ1v) is 8.73. The number of imide groups is 1. The molecule has 0 atom stereocenters. The second kappa shape index (κ2) is 7.93. The second-order valence-corrected chi connectivity index (χ2v) is 7.40. The molecule has 0 fully saturated rings. The molecule has 1 aromatic carbocycles. The van der Waals surface area contributed by atoms with Gasteiger partial charge in [0, 0.05) is 14.1 Å². The van der Waals surface area contributed by atoms with Crippen LogP contribution in [-0.4, -0.2) is 51.2 Å². The van der Waals surface area contributed by atoms with E-state index in [1.165, 1.54) is 50.7 Å². The molecule has 0 aliphatic heterocycles. The summed E-state index contributed by atoms with van der Waals surface area (Å²) < 4.78 is 34.8. The van der Waals surface area contributed by atoms with E-state index in [-0.39, 0.29) is 16.2 Å². The third kappa shape index (κ3) is 4.55. The minimum atomic E-state index is -3.71. The summed E-state index contributed by atoms with van der Waals surface area (Å²) in [6.07, 6.45) is 1.27. The van der Waals surface area contributed by atoms with Crippen molar-refractivity contribution in [2.75, 3.05) is 20.7 Å². The van der Waals surface area contributed by atoms with Gasteiger partial charge in [-0.1, -0.05) is 6.07 Å². The number of benzene rings is 1. The van der Waals surface area contributed by atoms with Crippen LogP contribution in [0.5, 0.6) is 0 Å². The number of furan rings is 1. The van der Waals surface area contributed by atoms with Crippen molar-refractivity contribution in [1.82, 2.24) is 9.62 Å². The van der Waals surface area contributed by atoms with Crippen LogP contribution in [0.1, 0.15) is 20.9 Å². The van der Waals surface area contributed by atoms with E-state index in [0.717, 1.165) is 10.4 Å². The molecular formula is C16H16N2O7S. The third-order valence-electron chi connectivity index (χ3n) is 3.18. The predicted molar refractivity (Wildman–Crippen MR) is 88.8 cm³/mol. The Morgan fingerprint density at radius 2 is 1.88 bits per heavy atom. The van der Waals surface area contributed by atoms with Crippen molar-refractivity contribution in [2.45, 2.75) is 4.90 Å². The van der Waals surface area contributed by atoms with Crippen LogP contribution >= 0.6 is 0 Å². The van der Waals surface area contributed by atoms with Gasteiger partial charge in [-0.3, -0.25) is 14.9 Å². The summed E-state index contributed by atoms with van der Waals surface area (Å²) in [6, 6.07) is 8.06. The molecular weight excluding hydrogens is 364 g/mol. The number of rotatable bonds is 6. The van der Waals surface area contributed by atoms with Crippen molar-refractivity contribution in [3.63, 3.8) is 0 Å². The van der Waals surface area contributed by atoms with Gasteiger partial charge in [-0.2, -0.15) is 0 Å².